The molecule has 8 nitrogen and oxygen atoms in total. The number of fused-ring (bicyclic) bond motifs is 1. The molecule has 4 N–H and O–H groups in total. The Hall–Kier alpha value is -6.09. The van der Waals surface area contributed by atoms with Gasteiger partial charge in [-0.05, 0) is 95.8 Å². The maximum absolute atomic E-state index is 14.2. The third-order valence-corrected chi connectivity index (χ3v) is 8.59. The van der Waals surface area contributed by atoms with Crippen LogP contribution in [0.2, 0.25) is 0 Å². The van der Waals surface area contributed by atoms with Crippen LogP contribution >= 0.6 is 0 Å². The summed E-state index contributed by atoms with van der Waals surface area (Å²) in [6.07, 6.45) is 3.20. The van der Waals surface area contributed by atoms with Crippen molar-refractivity contribution in [2.24, 2.45) is 5.73 Å². The lowest BCUT2D eigenvalue weighted by molar-refractivity contribution is 0.0927. The summed E-state index contributed by atoms with van der Waals surface area (Å²) in [6.45, 7) is 0. The number of nitrogens with two attached hydrogens (primary N) is 1. The second-order valence-electron chi connectivity index (χ2n) is 11.5. The molecular formula is C38H29FN4O4. The molecule has 1 aliphatic rings. The molecule has 7 rings (SSSR count). The van der Waals surface area contributed by atoms with Crippen molar-refractivity contribution in [3.8, 4) is 33.6 Å². The van der Waals surface area contributed by atoms with E-state index in [0.717, 1.165) is 24.1 Å². The van der Waals surface area contributed by atoms with Crippen molar-refractivity contribution in [1.29, 1.82) is 0 Å². The molecule has 0 bridgehead atoms. The predicted octanol–water partition coefficient (Wildman–Crippen LogP) is 6.85. The fourth-order valence-corrected chi connectivity index (χ4v) is 6.01. The number of primary amides is 1. The summed E-state index contributed by atoms with van der Waals surface area (Å²) in [4.78, 5) is 44.2. The number of aromatic nitrogens is 1. The number of pyridine rings is 1. The highest BCUT2D eigenvalue weighted by Gasteiger charge is 2.47. The van der Waals surface area contributed by atoms with Gasteiger partial charge in [0.25, 0.3) is 11.8 Å². The molecule has 1 aliphatic carbocycles. The molecule has 1 fully saturated rings. The number of halogens is 1. The molecule has 6 aromatic rings. The summed E-state index contributed by atoms with van der Waals surface area (Å²) in [7, 11) is 1.53. The fraction of sp³-hybridized carbons (Fsp3) is 0.105. The van der Waals surface area contributed by atoms with Crippen LogP contribution in [0.4, 0.5) is 4.39 Å². The number of hydrogen-bond acceptors (Lipinski definition) is 5. The van der Waals surface area contributed by atoms with Crippen molar-refractivity contribution in [3.63, 3.8) is 0 Å². The zero-order valence-electron chi connectivity index (χ0n) is 25.3. The smallest absolute Gasteiger partial charge is 0.255 e. The van der Waals surface area contributed by atoms with Crippen molar-refractivity contribution in [2.75, 3.05) is 7.05 Å². The van der Waals surface area contributed by atoms with Gasteiger partial charge in [0.2, 0.25) is 5.91 Å². The quantitative estimate of drug-likeness (QED) is 0.171. The minimum Gasteiger partial charge on any atom is -0.455 e. The minimum absolute atomic E-state index is 0.295. The first-order valence-corrected chi connectivity index (χ1v) is 15.1. The largest absolute Gasteiger partial charge is 0.455 e. The van der Waals surface area contributed by atoms with E-state index in [-0.39, 0.29) is 11.8 Å². The van der Waals surface area contributed by atoms with Gasteiger partial charge in [-0.15, -0.1) is 0 Å². The van der Waals surface area contributed by atoms with Gasteiger partial charge in [-0.25, -0.2) is 4.39 Å². The summed E-state index contributed by atoms with van der Waals surface area (Å²) < 4.78 is 19.8. The van der Waals surface area contributed by atoms with E-state index in [1.165, 1.54) is 19.2 Å². The van der Waals surface area contributed by atoms with Crippen LogP contribution in [-0.2, 0) is 5.54 Å². The Morgan fingerprint density at radius 3 is 2.17 bits per heavy atom. The lowest BCUT2D eigenvalue weighted by Crippen LogP contribution is -2.35. The van der Waals surface area contributed by atoms with Gasteiger partial charge in [0.1, 0.15) is 17.2 Å². The summed E-state index contributed by atoms with van der Waals surface area (Å²) in [5.41, 5.74) is 10.4. The Morgan fingerprint density at radius 2 is 1.47 bits per heavy atom. The van der Waals surface area contributed by atoms with Crippen molar-refractivity contribution < 1.29 is 23.2 Å². The first kappa shape index (κ1) is 29.6. The summed E-state index contributed by atoms with van der Waals surface area (Å²) in [5.74, 6) is -1.37. The van der Waals surface area contributed by atoms with E-state index in [1.54, 1.807) is 60.8 Å². The van der Waals surface area contributed by atoms with Crippen molar-refractivity contribution in [2.45, 2.75) is 18.4 Å². The van der Waals surface area contributed by atoms with Crippen LogP contribution in [0.3, 0.4) is 0 Å². The van der Waals surface area contributed by atoms with Crippen LogP contribution in [0.1, 0.15) is 49.6 Å². The first-order valence-electron chi connectivity index (χ1n) is 15.1. The van der Waals surface area contributed by atoms with E-state index >= 15 is 0 Å². The van der Waals surface area contributed by atoms with E-state index < -0.39 is 17.3 Å². The molecule has 0 atom stereocenters. The molecule has 2 heterocycles. The number of amides is 3. The van der Waals surface area contributed by atoms with E-state index in [2.05, 4.69) is 15.6 Å². The number of nitrogens with zero attached hydrogens (tertiary/aromatic N) is 1. The maximum Gasteiger partial charge on any atom is 0.255 e. The highest BCUT2D eigenvalue weighted by Crippen LogP contribution is 2.45. The first-order chi connectivity index (χ1) is 22.8. The van der Waals surface area contributed by atoms with Gasteiger partial charge in [0, 0.05) is 35.3 Å². The molecule has 9 heteroatoms. The van der Waals surface area contributed by atoms with Crippen LogP contribution in [0.15, 0.2) is 114 Å². The Bertz CT molecular complexity index is 2190. The van der Waals surface area contributed by atoms with Crippen LogP contribution in [0, 0.1) is 5.82 Å². The van der Waals surface area contributed by atoms with E-state index in [1.807, 2.05) is 36.4 Å². The highest BCUT2D eigenvalue weighted by atomic mass is 19.1. The average molecular weight is 625 g/mol. The molecule has 0 radical (unpaired) electrons. The van der Waals surface area contributed by atoms with E-state index in [9.17, 15) is 18.8 Å². The number of furan rings is 1. The van der Waals surface area contributed by atoms with Gasteiger partial charge in [-0.3, -0.25) is 19.4 Å². The molecule has 0 saturated heterocycles. The Kier molecular flexibility index (Phi) is 7.36. The fourth-order valence-electron chi connectivity index (χ4n) is 6.01. The van der Waals surface area contributed by atoms with E-state index in [0.29, 0.717) is 55.7 Å². The van der Waals surface area contributed by atoms with Crippen LogP contribution in [0.25, 0.3) is 44.5 Å². The standard InChI is InChI=1S/C38H29FN4O4/c1-41-37(46)33-30-21-24(12-16-31(30)47-34(33)22-9-13-25(39)14-10-22)23-11-15-27(26-6-2-3-7-28(26)35(40)44)29(20-23)36(45)43-38(17-18-38)32-8-4-5-19-42-32/h2-16,19-21H,17-18H2,1H3,(H2,40,44)(H,41,46)(H,43,45). The molecular weight excluding hydrogens is 595 g/mol. The number of carbonyl (C=O) groups is 3. The van der Waals surface area contributed by atoms with Crippen LogP contribution in [0.5, 0.6) is 0 Å². The monoisotopic (exact) mass is 624 g/mol. The van der Waals surface area contributed by atoms with Gasteiger partial charge >= 0.3 is 0 Å². The van der Waals surface area contributed by atoms with Gasteiger partial charge < -0.3 is 20.8 Å². The lowest BCUT2D eigenvalue weighted by Gasteiger charge is -2.20. The maximum atomic E-state index is 14.2. The van der Waals surface area contributed by atoms with Crippen molar-refractivity contribution >= 4 is 28.7 Å². The lowest BCUT2D eigenvalue weighted by atomic mass is 9.91. The van der Waals surface area contributed by atoms with Gasteiger partial charge in [-0.2, -0.15) is 0 Å². The van der Waals surface area contributed by atoms with Gasteiger partial charge in [0.15, 0.2) is 0 Å². The van der Waals surface area contributed by atoms with Crippen molar-refractivity contribution in [1.82, 2.24) is 15.6 Å². The number of hydrogen-bond donors (Lipinski definition) is 3. The average Bonchev–Trinajstić information content (AvgIpc) is 3.79. The highest BCUT2D eigenvalue weighted by molar-refractivity contribution is 6.12. The Balaban J connectivity index is 1.36. The second kappa shape index (κ2) is 11.7. The van der Waals surface area contributed by atoms with Crippen LogP contribution in [-0.4, -0.2) is 29.8 Å². The second-order valence-corrected chi connectivity index (χ2v) is 11.5. The topological polar surface area (TPSA) is 127 Å². The molecule has 0 spiro atoms. The molecule has 0 aliphatic heterocycles. The molecule has 232 valence electrons. The van der Waals surface area contributed by atoms with Crippen molar-refractivity contribution in [3.05, 3.63) is 138 Å². The van der Waals surface area contributed by atoms with Gasteiger partial charge in [-0.1, -0.05) is 42.5 Å². The zero-order chi connectivity index (χ0) is 32.7. The predicted molar refractivity (Wildman–Crippen MR) is 177 cm³/mol. The van der Waals surface area contributed by atoms with E-state index in [4.69, 9.17) is 10.2 Å². The summed E-state index contributed by atoms with van der Waals surface area (Å²) in [5, 5.41) is 6.45. The minimum atomic E-state index is -0.604. The third kappa shape index (κ3) is 5.42. The molecule has 4 aromatic carbocycles. The molecule has 3 amide bonds. The molecule has 2 aromatic heterocycles. The molecule has 0 unspecified atom stereocenters. The Labute approximate surface area is 269 Å². The molecule has 47 heavy (non-hydrogen) atoms. The SMILES string of the molecule is CNC(=O)c1c(-c2ccc(F)cc2)oc2ccc(-c3ccc(-c4ccccc4C(N)=O)c(C(=O)NC4(c5ccccn5)CC4)c3)cc12. The third-order valence-electron chi connectivity index (χ3n) is 8.59. The molecule has 1 saturated carbocycles. The van der Waals surface area contributed by atoms with Crippen LogP contribution < -0.4 is 16.4 Å². The number of nitrogens with one attached hydrogen (secondary N) is 2. The number of rotatable bonds is 8. The summed E-state index contributed by atoms with van der Waals surface area (Å²) in [6, 6.07) is 29.2. The zero-order valence-corrected chi connectivity index (χ0v) is 25.3. The number of carbonyl (C=O) groups excluding carboxylic acids is 3. The normalized spacial score (nSPS) is 13.2. The Morgan fingerprint density at radius 1 is 0.787 bits per heavy atom. The summed E-state index contributed by atoms with van der Waals surface area (Å²) >= 11 is 0. The number of benzene rings is 4. The van der Waals surface area contributed by atoms with Gasteiger partial charge in [0.05, 0.1) is 16.8 Å².